The minimum Gasteiger partial charge on any atom is -0.375 e. The van der Waals surface area contributed by atoms with Crippen molar-refractivity contribution in [3.8, 4) is 6.07 Å². The number of nitrogens with two attached hydrogens (primary N) is 1. The quantitative estimate of drug-likeness (QED) is 0.818. The maximum absolute atomic E-state index is 8.98. The summed E-state index contributed by atoms with van der Waals surface area (Å²) in [7, 11) is 2.06. The Hall–Kier alpha value is -1.53. The molecule has 1 aromatic carbocycles. The molecular formula is C14H21N3. The number of hydrogen-bond donors (Lipinski definition) is 1. The molecule has 0 aliphatic rings. The van der Waals surface area contributed by atoms with E-state index in [4.69, 9.17) is 11.0 Å². The molecular weight excluding hydrogens is 210 g/mol. The fraction of sp³-hybridized carbons (Fsp3) is 0.500. The number of nitrogens with zero attached hydrogens (tertiary/aromatic N) is 2. The highest BCUT2D eigenvalue weighted by molar-refractivity contribution is 5.44. The number of benzene rings is 1. The van der Waals surface area contributed by atoms with Crippen LogP contribution in [-0.2, 0) is 0 Å². The van der Waals surface area contributed by atoms with Crippen molar-refractivity contribution in [3.05, 3.63) is 30.3 Å². The summed E-state index contributed by atoms with van der Waals surface area (Å²) in [5, 5.41) is 8.98. The van der Waals surface area contributed by atoms with E-state index in [9.17, 15) is 0 Å². The fourth-order valence-corrected chi connectivity index (χ4v) is 1.75. The highest BCUT2D eigenvalue weighted by Crippen LogP contribution is 2.16. The predicted octanol–water partition coefficient (Wildman–Crippen LogP) is 2.53. The lowest BCUT2D eigenvalue weighted by molar-refractivity contribution is 0.467. The molecule has 92 valence electrons. The van der Waals surface area contributed by atoms with Crippen LogP contribution in [0.5, 0.6) is 0 Å². The molecule has 17 heavy (non-hydrogen) atoms. The van der Waals surface area contributed by atoms with Gasteiger partial charge in [-0.1, -0.05) is 25.1 Å². The predicted molar refractivity (Wildman–Crippen MR) is 71.8 cm³/mol. The first-order chi connectivity index (χ1) is 8.11. The topological polar surface area (TPSA) is 53.1 Å². The Balaban J connectivity index is 2.40. The van der Waals surface area contributed by atoms with Gasteiger partial charge in [-0.2, -0.15) is 5.26 Å². The van der Waals surface area contributed by atoms with Gasteiger partial charge in [-0.15, -0.1) is 0 Å². The molecule has 0 aliphatic carbocycles. The highest BCUT2D eigenvalue weighted by Gasteiger charge is 2.21. The van der Waals surface area contributed by atoms with E-state index in [1.807, 2.05) is 25.1 Å². The van der Waals surface area contributed by atoms with E-state index in [1.54, 1.807) is 0 Å². The van der Waals surface area contributed by atoms with Gasteiger partial charge in [0.15, 0.2) is 0 Å². The molecule has 0 bridgehead atoms. The Kier molecular flexibility index (Phi) is 4.99. The molecule has 3 nitrogen and oxygen atoms in total. The Labute approximate surface area is 104 Å². The molecule has 0 saturated carbocycles. The van der Waals surface area contributed by atoms with Gasteiger partial charge in [0.25, 0.3) is 0 Å². The van der Waals surface area contributed by atoms with Gasteiger partial charge in [-0.3, -0.25) is 0 Å². The standard InChI is InChI=1S/C14H21N3/c1-3-14(16,12-15)10-7-11-17(2)13-8-5-4-6-9-13/h4-6,8-9H,3,7,10-11,16H2,1-2H3. The first kappa shape index (κ1) is 13.5. The molecule has 0 spiro atoms. The molecule has 0 saturated heterocycles. The van der Waals surface area contributed by atoms with Crippen LogP contribution in [0.2, 0.25) is 0 Å². The minimum absolute atomic E-state index is 0.655. The molecule has 1 atom stereocenters. The van der Waals surface area contributed by atoms with Gasteiger partial charge >= 0.3 is 0 Å². The molecule has 3 heteroatoms. The number of para-hydroxylation sites is 1. The van der Waals surface area contributed by atoms with E-state index in [-0.39, 0.29) is 0 Å². The second-order valence-electron chi connectivity index (χ2n) is 4.48. The van der Waals surface area contributed by atoms with E-state index < -0.39 is 5.54 Å². The molecule has 0 aliphatic heterocycles. The van der Waals surface area contributed by atoms with Crippen LogP contribution in [0.15, 0.2) is 30.3 Å². The zero-order valence-corrected chi connectivity index (χ0v) is 10.7. The SMILES string of the molecule is CCC(N)(C#N)CCCN(C)c1ccccc1. The summed E-state index contributed by atoms with van der Waals surface area (Å²) in [4.78, 5) is 2.19. The normalized spacial score (nSPS) is 13.8. The largest absolute Gasteiger partial charge is 0.375 e. The number of anilines is 1. The van der Waals surface area contributed by atoms with E-state index >= 15 is 0 Å². The zero-order valence-electron chi connectivity index (χ0n) is 10.7. The lowest BCUT2D eigenvalue weighted by atomic mass is 9.93. The third-order valence-electron chi connectivity index (χ3n) is 3.17. The Bertz CT molecular complexity index is 369. The summed E-state index contributed by atoms with van der Waals surface area (Å²) in [6.07, 6.45) is 2.39. The van der Waals surface area contributed by atoms with Crippen molar-refractivity contribution in [2.24, 2.45) is 5.73 Å². The molecule has 2 N–H and O–H groups in total. The number of hydrogen-bond acceptors (Lipinski definition) is 3. The van der Waals surface area contributed by atoms with Crippen molar-refractivity contribution < 1.29 is 0 Å². The Morgan fingerprint density at radius 1 is 1.35 bits per heavy atom. The van der Waals surface area contributed by atoms with Crippen molar-refractivity contribution in [1.82, 2.24) is 0 Å². The van der Waals surface area contributed by atoms with Gasteiger partial charge in [0.2, 0.25) is 0 Å². The van der Waals surface area contributed by atoms with E-state index in [2.05, 4.69) is 30.1 Å². The van der Waals surface area contributed by atoms with Crippen LogP contribution in [0, 0.1) is 11.3 Å². The molecule has 0 amide bonds. The summed E-state index contributed by atoms with van der Waals surface area (Å²) in [6.45, 7) is 2.88. The maximum Gasteiger partial charge on any atom is 0.104 e. The van der Waals surface area contributed by atoms with Gasteiger partial charge in [-0.25, -0.2) is 0 Å². The molecule has 0 heterocycles. The second kappa shape index (κ2) is 6.27. The van der Waals surface area contributed by atoms with Crippen molar-refractivity contribution in [1.29, 1.82) is 5.26 Å². The van der Waals surface area contributed by atoms with Crippen LogP contribution >= 0.6 is 0 Å². The van der Waals surface area contributed by atoms with Crippen LogP contribution in [0.3, 0.4) is 0 Å². The van der Waals surface area contributed by atoms with E-state index in [0.29, 0.717) is 6.42 Å². The van der Waals surface area contributed by atoms with Gasteiger partial charge in [0.05, 0.1) is 6.07 Å². The lowest BCUT2D eigenvalue weighted by Gasteiger charge is -2.23. The van der Waals surface area contributed by atoms with Crippen LogP contribution in [0.25, 0.3) is 0 Å². The van der Waals surface area contributed by atoms with Gasteiger partial charge in [-0.05, 0) is 31.4 Å². The van der Waals surface area contributed by atoms with Crippen molar-refractivity contribution in [3.63, 3.8) is 0 Å². The Morgan fingerprint density at radius 2 is 2.00 bits per heavy atom. The average molecular weight is 231 g/mol. The second-order valence-corrected chi connectivity index (χ2v) is 4.48. The summed E-state index contributed by atoms with van der Waals surface area (Å²) in [5.41, 5.74) is 6.48. The van der Waals surface area contributed by atoms with Gasteiger partial charge in [0, 0.05) is 19.3 Å². The molecule has 1 unspecified atom stereocenters. The summed E-state index contributed by atoms with van der Waals surface area (Å²) in [6, 6.07) is 12.4. The number of rotatable bonds is 6. The van der Waals surface area contributed by atoms with Crippen molar-refractivity contribution in [2.45, 2.75) is 31.7 Å². The van der Waals surface area contributed by atoms with Crippen LogP contribution < -0.4 is 10.6 Å². The minimum atomic E-state index is -0.655. The van der Waals surface area contributed by atoms with Crippen LogP contribution in [-0.4, -0.2) is 19.1 Å². The van der Waals surface area contributed by atoms with E-state index in [0.717, 1.165) is 19.4 Å². The molecule has 1 aromatic rings. The summed E-state index contributed by atoms with van der Waals surface area (Å²) in [5.74, 6) is 0. The molecule has 0 fully saturated rings. The number of nitriles is 1. The molecule has 1 rings (SSSR count). The molecule has 0 aromatic heterocycles. The third-order valence-corrected chi connectivity index (χ3v) is 3.17. The summed E-state index contributed by atoms with van der Waals surface area (Å²) >= 11 is 0. The fourth-order valence-electron chi connectivity index (χ4n) is 1.75. The van der Waals surface area contributed by atoms with Gasteiger partial charge < -0.3 is 10.6 Å². The monoisotopic (exact) mass is 231 g/mol. The first-order valence-electron chi connectivity index (χ1n) is 6.07. The smallest absolute Gasteiger partial charge is 0.104 e. The third kappa shape index (κ3) is 4.08. The highest BCUT2D eigenvalue weighted by atomic mass is 15.1. The van der Waals surface area contributed by atoms with Crippen LogP contribution in [0.1, 0.15) is 26.2 Å². The Morgan fingerprint density at radius 3 is 2.53 bits per heavy atom. The first-order valence-corrected chi connectivity index (χ1v) is 6.07. The maximum atomic E-state index is 8.98. The average Bonchev–Trinajstić information content (AvgIpc) is 2.39. The lowest BCUT2D eigenvalue weighted by Crippen LogP contribution is -2.38. The summed E-state index contributed by atoms with van der Waals surface area (Å²) < 4.78 is 0. The van der Waals surface area contributed by atoms with Crippen molar-refractivity contribution >= 4 is 5.69 Å². The van der Waals surface area contributed by atoms with Crippen LogP contribution in [0.4, 0.5) is 5.69 Å². The molecule has 0 radical (unpaired) electrons. The van der Waals surface area contributed by atoms with E-state index in [1.165, 1.54) is 5.69 Å². The van der Waals surface area contributed by atoms with Gasteiger partial charge in [0.1, 0.15) is 5.54 Å². The zero-order chi connectivity index (χ0) is 12.7. The van der Waals surface area contributed by atoms with Crippen molar-refractivity contribution in [2.75, 3.05) is 18.5 Å².